The normalized spacial score (nSPS) is 11.4. The highest BCUT2D eigenvalue weighted by Gasteiger charge is 2.17. The SMILES string of the molecule is Cc1cc(O)ccc1N=Cc1c(C)c(C#N)c2[nH]c3ccccc3n2c1=O. The molecule has 4 aromatic rings. The zero-order chi connectivity index (χ0) is 19.1. The monoisotopic (exact) mass is 356 g/mol. The van der Waals surface area contributed by atoms with Gasteiger partial charge in [-0.25, -0.2) is 0 Å². The number of nitriles is 1. The fraction of sp³-hybridized carbons (Fsp3) is 0.0952. The van der Waals surface area contributed by atoms with E-state index in [1.807, 2.05) is 31.2 Å². The number of hydrogen-bond acceptors (Lipinski definition) is 4. The number of pyridine rings is 1. The summed E-state index contributed by atoms with van der Waals surface area (Å²) in [4.78, 5) is 20.7. The number of nitrogens with zero attached hydrogens (tertiary/aromatic N) is 3. The van der Waals surface area contributed by atoms with Crippen LogP contribution in [0.15, 0.2) is 52.3 Å². The van der Waals surface area contributed by atoms with Crippen LogP contribution in [0.2, 0.25) is 0 Å². The smallest absolute Gasteiger partial charge is 0.265 e. The van der Waals surface area contributed by atoms with E-state index in [1.165, 1.54) is 10.6 Å². The summed E-state index contributed by atoms with van der Waals surface area (Å²) in [6, 6.07) is 14.5. The minimum absolute atomic E-state index is 0.162. The molecule has 6 nitrogen and oxygen atoms in total. The van der Waals surface area contributed by atoms with E-state index in [9.17, 15) is 15.2 Å². The summed E-state index contributed by atoms with van der Waals surface area (Å²) in [7, 11) is 0. The summed E-state index contributed by atoms with van der Waals surface area (Å²) < 4.78 is 1.52. The fourth-order valence-corrected chi connectivity index (χ4v) is 3.26. The number of aromatic nitrogens is 2. The number of para-hydroxylation sites is 2. The van der Waals surface area contributed by atoms with E-state index in [-0.39, 0.29) is 11.3 Å². The Labute approximate surface area is 154 Å². The average Bonchev–Trinajstić information content (AvgIpc) is 3.03. The molecule has 0 aliphatic carbocycles. The number of aromatic amines is 1. The zero-order valence-electron chi connectivity index (χ0n) is 14.8. The predicted octanol–water partition coefficient (Wildman–Crippen LogP) is 3.73. The zero-order valence-corrected chi connectivity index (χ0v) is 14.8. The largest absolute Gasteiger partial charge is 0.508 e. The van der Waals surface area contributed by atoms with Crippen molar-refractivity contribution in [2.75, 3.05) is 0 Å². The number of fused-ring (bicyclic) bond motifs is 3. The summed E-state index contributed by atoms with van der Waals surface area (Å²) in [5, 5.41) is 19.2. The third kappa shape index (κ3) is 2.57. The van der Waals surface area contributed by atoms with Gasteiger partial charge in [0.1, 0.15) is 17.5 Å². The lowest BCUT2D eigenvalue weighted by Crippen LogP contribution is -2.20. The first-order valence-corrected chi connectivity index (χ1v) is 8.41. The van der Waals surface area contributed by atoms with Crippen molar-refractivity contribution in [1.82, 2.24) is 9.38 Å². The summed E-state index contributed by atoms with van der Waals surface area (Å²) >= 11 is 0. The first-order valence-electron chi connectivity index (χ1n) is 8.41. The van der Waals surface area contributed by atoms with Crippen molar-refractivity contribution in [3.63, 3.8) is 0 Å². The highest BCUT2D eigenvalue weighted by molar-refractivity contribution is 5.89. The summed E-state index contributed by atoms with van der Waals surface area (Å²) in [5.41, 5.74) is 4.54. The van der Waals surface area contributed by atoms with Crippen molar-refractivity contribution in [3.8, 4) is 11.8 Å². The molecule has 0 fully saturated rings. The van der Waals surface area contributed by atoms with Crippen LogP contribution in [0.25, 0.3) is 16.7 Å². The molecule has 6 heteroatoms. The van der Waals surface area contributed by atoms with E-state index in [0.717, 1.165) is 11.1 Å². The van der Waals surface area contributed by atoms with Gasteiger partial charge in [0.25, 0.3) is 5.56 Å². The van der Waals surface area contributed by atoms with Crippen molar-refractivity contribution in [1.29, 1.82) is 5.26 Å². The highest BCUT2D eigenvalue weighted by atomic mass is 16.3. The molecule has 2 aromatic carbocycles. The van der Waals surface area contributed by atoms with Crippen LogP contribution in [0.1, 0.15) is 22.3 Å². The van der Waals surface area contributed by atoms with E-state index in [0.29, 0.717) is 33.5 Å². The van der Waals surface area contributed by atoms with Crippen LogP contribution in [0.3, 0.4) is 0 Å². The van der Waals surface area contributed by atoms with Crippen LogP contribution in [0.4, 0.5) is 5.69 Å². The lowest BCUT2D eigenvalue weighted by molar-refractivity contribution is 0.475. The molecule has 2 aromatic heterocycles. The van der Waals surface area contributed by atoms with E-state index in [2.05, 4.69) is 16.0 Å². The van der Waals surface area contributed by atoms with Gasteiger partial charge in [0.2, 0.25) is 0 Å². The molecule has 0 aliphatic heterocycles. The first-order chi connectivity index (χ1) is 13.0. The van der Waals surface area contributed by atoms with Crippen LogP contribution in [-0.4, -0.2) is 20.7 Å². The Balaban J connectivity index is 2.01. The third-order valence-corrected chi connectivity index (χ3v) is 4.70. The number of aliphatic imine (C=N–C) groups is 1. The molecule has 27 heavy (non-hydrogen) atoms. The summed E-state index contributed by atoms with van der Waals surface area (Å²) in [6.07, 6.45) is 1.49. The molecule has 2 N–H and O–H groups in total. The Morgan fingerprint density at radius 3 is 2.74 bits per heavy atom. The van der Waals surface area contributed by atoms with Gasteiger partial charge in [-0.3, -0.25) is 14.2 Å². The fourth-order valence-electron chi connectivity index (χ4n) is 3.26. The van der Waals surface area contributed by atoms with Gasteiger partial charge in [-0.05, 0) is 55.3 Å². The average molecular weight is 356 g/mol. The minimum atomic E-state index is -0.237. The molecule has 0 bridgehead atoms. The number of H-pyrrole nitrogens is 1. The number of imidazole rings is 1. The second-order valence-electron chi connectivity index (χ2n) is 6.39. The maximum Gasteiger partial charge on any atom is 0.265 e. The van der Waals surface area contributed by atoms with E-state index in [4.69, 9.17) is 0 Å². The van der Waals surface area contributed by atoms with Gasteiger partial charge < -0.3 is 10.1 Å². The molecular weight excluding hydrogens is 340 g/mol. The maximum atomic E-state index is 13.2. The highest BCUT2D eigenvalue weighted by Crippen LogP contribution is 2.24. The molecule has 0 amide bonds. The van der Waals surface area contributed by atoms with E-state index < -0.39 is 0 Å². The van der Waals surface area contributed by atoms with Gasteiger partial charge >= 0.3 is 0 Å². The minimum Gasteiger partial charge on any atom is -0.508 e. The second-order valence-corrected chi connectivity index (χ2v) is 6.39. The molecule has 0 spiro atoms. The Kier molecular flexibility index (Phi) is 3.78. The van der Waals surface area contributed by atoms with Crippen molar-refractivity contribution in [2.45, 2.75) is 13.8 Å². The second kappa shape index (κ2) is 6.15. The van der Waals surface area contributed by atoms with Crippen LogP contribution >= 0.6 is 0 Å². The Hall–Kier alpha value is -3.85. The molecule has 0 aliphatic rings. The predicted molar refractivity (Wildman–Crippen MR) is 105 cm³/mol. The summed E-state index contributed by atoms with van der Waals surface area (Å²) in [6.45, 7) is 3.58. The number of phenolic OH excluding ortho intramolecular Hbond substituents is 1. The van der Waals surface area contributed by atoms with Gasteiger partial charge in [-0.2, -0.15) is 5.26 Å². The molecule has 4 rings (SSSR count). The lowest BCUT2D eigenvalue weighted by atomic mass is 10.1. The Bertz CT molecular complexity index is 1340. The molecule has 2 heterocycles. The number of benzene rings is 2. The van der Waals surface area contributed by atoms with E-state index >= 15 is 0 Å². The van der Waals surface area contributed by atoms with E-state index in [1.54, 1.807) is 25.1 Å². The molecule has 0 unspecified atom stereocenters. The van der Waals surface area contributed by atoms with Crippen LogP contribution < -0.4 is 5.56 Å². The number of aryl methyl sites for hydroxylation is 1. The molecule has 0 saturated heterocycles. The van der Waals surface area contributed by atoms with Gasteiger partial charge in [0.15, 0.2) is 0 Å². The van der Waals surface area contributed by atoms with Gasteiger partial charge in [0, 0.05) is 6.21 Å². The first kappa shape index (κ1) is 16.6. The number of hydrogen-bond donors (Lipinski definition) is 2. The standard InChI is InChI=1S/C21H16N4O2/c1-12-9-14(26)7-8-17(12)23-11-16-13(2)15(10-22)20-24-18-5-3-4-6-19(18)25(20)21(16)27/h3-9,11,24,26H,1-2H3. The molecular formula is C21H16N4O2. The molecule has 0 atom stereocenters. The van der Waals surface area contributed by atoms with Crippen molar-refractivity contribution >= 4 is 28.6 Å². The van der Waals surface area contributed by atoms with Crippen LogP contribution in [0.5, 0.6) is 5.75 Å². The van der Waals surface area contributed by atoms with Crippen LogP contribution in [0, 0.1) is 25.2 Å². The van der Waals surface area contributed by atoms with Crippen LogP contribution in [-0.2, 0) is 0 Å². The van der Waals surface area contributed by atoms with Crippen molar-refractivity contribution < 1.29 is 5.11 Å². The maximum absolute atomic E-state index is 13.2. The number of rotatable bonds is 2. The van der Waals surface area contributed by atoms with Gasteiger partial charge in [0.05, 0.1) is 27.8 Å². The van der Waals surface area contributed by atoms with Gasteiger partial charge in [-0.15, -0.1) is 0 Å². The molecule has 0 radical (unpaired) electrons. The topological polar surface area (TPSA) is 93.7 Å². The third-order valence-electron chi connectivity index (χ3n) is 4.70. The Morgan fingerprint density at radius 1 is 1.22 bits per heavy atom. The number of nitrogens with one attached hydrogen (secondary N) is 1. The quantitative estimate of drug-likeness (QED) is 0.536. The summed E-state index contributed by atoms with van der Waals surface area (Å²) in [5.74, 6) is 0.162. The van der Waals surface area contributed by atoms with Gasteiger partial charge in [-0.1, -0.05) is 12.1 Å². The number of aromatic hydroxyl groups is 1. The Morgan fingerprint density at radius 2 is 2.00 bits per heavy atom. The number of phenols is 1. The molecule has 0 saturated carbocycles. The van der Waals surface area contributed by atoms with Crippen molar-refractivity contribution in [2.24, 2.45) is 4.99 Å². The lowest BCUT2D eigenvalue weighted by Gasteiger charge is -2.06. The van der Waals surface area contributed by atoms with Crippen molar-refractivity contribution in [3.05, 3.63) is 75.1 Å². The molecule has 132 valence electrons.